The van der Waals surface area contributed by atoms with Gasteiger partial charge in [-0.3, -0.25) is 0 Å². The largest absolute Gasteiger partial charge is 0.485 e. The average molecular weight is 238 g/mol. The maximum atomic E-state index is 10.8. The summed E-state index contributed by atoms with van der Waals surface area (Å²) in [7, 11) is 1.45. The Kier molecular flexibility index (Phi) is 3.41. The van der Waals surface area contributed by atoms with Gasteiger partial charge in [0.1, 0.15) is 0 Å². The van der Waals surface area contributed by atoms with E-state index in [4.69, 9.17) is 14.6 Å². The number of carboxylic acids is 1. The molecule has 1 saturated carbocycles. The smallest absolute Gasteiger partial charge is 0.356 e. The van der Waals surface area contributed by atoms with Gasteiger partial charge in [-0.1, -0.05) is 0 Å². The van der Waals surface area contributed by atoms with Crippen LogP contribution in [0.3, 0.4) is 0 Å². The molecule has 1 aromatic heterocycles. The first-order chi connectivity index (χ1) is 8.20. The third kappa shape index (κ3) is 2.64. The van der Waals surface area contributed by atoms with Gasteiger partial charge in [-0.05, 0) is 25.7 Å². The molecule has 0 spiro atoms. The van der Waals surface area contributed by atoms with E-state index in [1.165, 1.54) is 13.2 Å². The van der Waals surface area contributed by atoms with E-state index < -0.39 is 5.97 Å². The Labute approximate surface area is 98.6 Å². The van der Waals surface area contributed by atoms with E-state index in [9.17, 15) is 4.79 Å². The number of methoxy groups -OCH3 is 1. The molecule has 0 atom stereocenters. The zero-order valence-electron chi connectivity index (χ0n) is 9.55. The number of aromatic carboxylic acids is 1. The fourth-order valence-corrected chi connectivity index (χ4v) is 1.88. The third-order valence-electron chi connectivity index (χ3n) is 2.74. The predicted molar refractivity (Wildman–Crippen MR) is 58.4 cm³/mol. The Morgan fingerprint density at radius 2 is 2.12 bits per heavy atom. The quantitative estimate of drug-likeness (QED) is 0.856. The van der Waals surface area contributed by atoms with Crippen LogP contribution in [0.2, 0.25) is 0 Å². The van der Waals surface area contributed by atoms with Gasteiger partial charge in [0.25, 0.3) is 5.88 Å². The number of carbonyl (C=O) groups is 1. The Morgan fingerprint density at radius 3 is 2.71 bits per heavy atom. The summed E-state index contributed by atoms with van der Waals surface area (Å²) in [6.45, 7) is 0. The second-order valence-corrected chi connectivity index (χ2v) is 3.93. The average Bonchev–Trinajstić information content (AvgIpc) is 2.81. The van der Waals surface area contributed by atoms with Gasteiger partial charge in [0.05, 0.1) is 13.2 Å². The molecule has 1 aromatic rings. The summed E-state index contributed by atoms with van der Waals surface area (Å²) in [4.78, 5) is 10.8. The highest BCUT2D eigenvalue weighted by Gasteiger charge is 2.20. The summed E-state index contributed by atoms with van der Waals surface area (Å²) in [6, 6.07) is 1.35. The molecular weight excluding hydrogens is 224 g/mol. The second-order valence-electron chi connectivity index (χ2n) is 3.93. The lowest BCUT2D eigenvalue weighted by atomic mass is 10.3. The minimum Gasteiger partial charge on any atom is -0.485 e. The van der Waals surface area contributed by atoms with Crippen molar-refractivity contribution in [2.24, 2.45) is 0 Å². The van der Waals surface area contributed by atoms with Crippen LogP contribution in [0.15, 0.2) is 6.07 Å². The molecule has 17 heavy (non-hydrogen) atoms. The Bertz CT molecular complexity index is 416. The highest BCUT2D eigenvalue weighted by molar-refractivity contribution is 5.85. The zero-order valence-corrected chi connectivity index (χ0v) is 9.55. The van der Waals surface area contributed by atoms with Gasteiger partial charge in [0.15, 0.2) is 11.4 Å². The summed E-state index contributed by atoms with van der Waals surface area (Å²) in [5.41, 5.74) is -0.140. The molecule has 0 saturated heterocycles. The van der Waals surface area contributed by atoms with Crippen molar-refractivity contribution >= 4 is 5.97 Å². The van der Waals surface area contributed by atoms with E-state index >= 15 is 0 Å². The second kappa shape index (κ2) is 4.99. The SMILES string of the molecule is COc1nnc(C(=O)O)cc1OC1CCCC1. The van der Waals surface area contributed by atoms with E-state index in [0.29, 0.717) is 5.75 Å². The van der Waals surface area contributed by atoms with Crippen LogP contribution in [0.1, 0.15) is 36.2 Å². The molecule has 1 N–H and O–H groups in total. The van der Waals surface area contributed by atoms with Crippen LogP contribution in [0.25, 0.3) is 0 Å². The fraction of sp³-hybridized carbons (Fsp3) is 0.545. The van der Waals surface area contributed by atoms with Crippen LogP contribution in [0.4, 0.5) is 0 Å². The summed E-state index contributed by atoms with van der Waals surface area (Å²) in [6.07, 6.45) is 4.35. The van der Waals surface area contributed by atoms with Crippen LogP contribution >= 0.6 is 0 Å². The van der Waals surface area contributed by atoms with Crippen molar-refractivity contribution in [2.45, 2.75) is 31.8 Å². The Hall–Kier alpha value is -1.85. The minimum absolute atomic E-state index is 0.120. The first-order valence-corrected chi connectivity index (χ1v) is 5.52. The molecule has 6 nitrogen and oxygen atoms in total. The van der Waals surface area contributed by atoms with Crippen molar-refractivity contribution in [2.75, 3.05) is 7.11 Å². The predicted octanol–water partition coefficient (Wildman–Crippen LogP) is 1.50. The van der Waals surface area contributed by atoms with Gasteiger partial charge in [-0.2, -0.15) is 0 Å². The minimum atomic E-state index is -1.13. The van der Waals surface area contributed by atoms with Crippen LogP contribution in [0, 0.1) is 0 Å². The molecule has 0 aromatic carbocycles. The maximum absolute atomic E-state index is 10.8. The standard InChI is InChI=1S/C11H14N2O4/c1-16-10-9(17-7-4-2-3-5-7)6-8(11(14)15)12-13-10/h6-7H,2-5H2,1H3,(H,14,15). The molecule has 1 fully saturated rings. The molecule has 2 rings (SSSR count). The lowest BCUT2D eigenvalue weighted by Gasteiger charge is -2.14. The zero-order chi connectivity index (χ0) is 12.3. The molecule has 0 aliphatic heterocycles. The fourth-order valence-electron chi connectivity index (χ4n) is 1.88. The van der Waals surface area contributed by atoms with E-state index in [1.54, 1.807) is 0 Å². The van der Waals surface area contributed by atoms with Gasteiger partial charge in [0.2, 0.25) is 0 Å². The van der Waals surface area contributed by atoms with Gasteiger partial charge >= 0.3 is 5.97 Å². The molecule has 6 heteroatoms. The number of hydrogen-bond acceptors (Lipinski definition) is 5. The van der Waals surface area contributed by atoms with Crippen LogP contribution < -0.4 is 9.47 Å². The molecule has 1 aliphatic carbocycles. The van der Waals surface area contributed by atoms with E-state index in [-0.39, 0.29) is 17.7 Å². The number of aromatic nitrogens is 2. The first kappa shape index (κ1) is 11.6. The molecule has 0 bridgehead atoms. The number of ether oxygens (including phenoxy) is 2. The Morgan fingerprint density at radius 1 is 1.41 bits per heavy atom. The van der Waals surface area contributed by atoms with Gasteiger partial charge in [0, 0.05) is 6.07 Å². The number of carboxylic acid groups (broad SMARTS) is 1. The van der Waals surface area contributed by atoms with Gasteiger partial charge in [-0.25, -0.2) is 4.79 Å². The van der Waals surface area contributed by atoms with Crippen LogP contribution in [-0.2, 0) is 0 Å². The van der Waals surface area contributed by atoms with Gasteiger partial charge in [-0.15, -0.1) is 10.2 Å². The van der Waals surface area contributed by atoms with Crippen molar-refractivity contribution < 1.29 is 19.4 Å². The molecule has 1 heterocycles. The maximum Gasteiger partial charge on any atom is 0.356 e. The van der Waals surface area contributed by atoms with Crippen molar-refractivity contribution in [3.63, 3.8) is 0 Å². The highest BCUT2D eigenvalue weighted by Crippen LogP contribution is 2.29. The van der Waals surface area contributed by atoms with Crippen molar-refractivity contribution in [1.82, 2.24) is 10.2 Å². The summed E-state index contributed by atoms with van der Waals surface area (Å²) in [5, 5.41) is 16.0. The lowest BCUT2D eigenvalue weighted by molar-refractivity contribution is 0.0687. The van der Waals surface area contributed by atoms with Gasteiger partial charge < -0.3 is 14.6 Å². The van der Waals surface area contributed by atoms with E-state index in [1.807, 2.05) is 0 Å². The molecular formula is C11H14N2O4. The normalized spacial score (nSPS) is 15.8. The first-order valence-electron chi connectivity index (χ1n) is 5.52. The summed E-state index contributed by atoms with van der Waals surface area (Å²) >= 11 is 0. The van der Waals surface area contributed by atoms with Crippen molar-refractivity contribution in [3.05, 3.63) is 11.8 Å². The molecule has 0 radical (unpaired) electrons. The molecule has 0 unspecified atom stereocenters. The Balaban J connectivity index is 2.21. The van der Waals surface area contributed by atoms with Crippen LogP contribution in [0.5, 0.6) is 11.6 Å². The summed E-state index contributed by atoms with van der Waals surface area (Å²) < 4.78 is 10.7. The molecule has 0 amide bonds. The van der Waals surface area contributed by atoms with Crippen molar-refractivity contribution in [3.8, 4) is 11.6 Å². The molecule has 92 valence electrons. The topological polar surface area (TPSA) is 81.5 Å². The third-order valence-corrected chi connectivity index (χ3v) is 2.74. The van der Waals surface area contributed by atoms with Crippen molar-refractivity contribution in [1.29, 1.82) is 0 Å². The molecule has 1 aliphatic rings. The van der Waals surface area contributed by atoms with E-state index in [2.05, 4.69) is 10.2 Å². The number of nitrogens with zero attached hydrogens (tertiary/aromatic N) is 2. The lowest BCUT2D eigenvalue weighted by Crippen LogP contribution is -2.13. The van der Waals surface area contributed by atoms with Crippen LogP contribution in [-0.4, -0.2) is 34.5 Å². The monoisotopic (exact) mass is 238 g/mol. The number of rotatable bonds is 4. The van der Waals surface area contributed by atoms with E-state index in [0.717, 1.165) is 25.7 Å². The number of hydrogen-bond donors (Lipinski definition) is 1. The summed E-state index contributed by atoms with van der Waals surface area (Å²) in [5.74, 6) is -0.551. The highest BCUT2D eigenvalue weighted by atomic mass is 16.5.